The SMILES string of the molecule is CC12CC3CC(C)(C1)CC(NC(=O)CCSSC/C=C/I)(C3)C2. The van der Waals surface area contributed by atoms with E-state index in [0.29, 0.717) is 17.3 Å². The summed E-state index contributed by atoms with van der Waals surface area (Å²) in [5, 5.41) is 3.50. The maximum atomic E-state index is 12.5. The molecule has 23 heavy (non-hydrogen) atoms. The van der Waals surface area contributed by atoms with Crippen LogP contribution in [0.15, 0.2) is 10.2 Å². The van der Waals surface area contributed by atoms with Crippen molar-refractivity contribution >= 4 is 50.1 Å². The summed E-state index contributed by atoms with van der Waals surface area (Å²) in [7, 11) is 3.65. The van der Waals surface area contributed by atoms with Gasteiger partial charge in [-0.2, -0.15) is 0 Å². The Kier molecular flexibility index (Phi) is 5.69. The molecule has 4 rings (SSSR count). The van der Waals surface area contributed by atoms with Gasteiger partial charge in [-0.15, -0.1) is 0 Å². The topological polar surface area (TPSA) is 29.1 Å². The van der Waals surface area contributed by atoms with Crippen molar-refractivity contribution in [3.8, 4) is 0 Å². The minimum atomic E-state index is 0.113. The highest BCUT2D eigenvalue weighted by Crippen LogP contribution is 2.66. The largest absolute Gasteiger partial charge is 0.351 e. The van der Waals surface area contributed by atoms with E-state index in [1.165, 1.54) is 38.5 Å². The van der Waals surface area contributed by atoms with E-state index < -0.39 is 0 Å². The fourth-order valence-electron chi connectivity index (χ4n) is 6.26. The van der Waals surface area contributed by atoms with Crippen molar-refractivity contribution < 1.29 is 4.79 Å². The van der Waals surface area contributed by atoms with Crippen LogP contribution in [0.3, 0.4) is 0 Å². The third-order valence-corrected chi connectivity index (χ3v) is 8.56. The van der Waals surface area contributed by atoms with E-state index >= 15 is 0 Å². The van der Waals surface area contributed by atoms with Gasteiger partial charge in [0.2, 0.25) is 5.91 Å². The number of carbonyl (C=O) groups excluding carboxylic acids is 1. The monoisotopic (exact) mass is 465 g/mol. The van der Waals surface area contributed by atoms with E-state index in [2.05, 4.69) is 47.8 Å². The predicted octanol–water partition coefficient (Wildman–Crippen LogP) is 5.57. The standard InChI is InChI=1S/C18H28INOS2/c1-16-8-14-9-17(2,11-16)13-18(10-14,12-16)20-15(21)4-7-23-22-6-3-5-19/h3,5,14H,4,6-13H2,1-2H3,(H,20,21)/b5-3+. The summed E-state index contributed by atoms with van der Waals surface area (Å²) in [6, 6.07) is 0. The maximum Gasteiger partial charge on any atom is 0.221 e. The van der Waals surface area contributed by atoms with Gasteiger partial charge in [0.25, 0.3) is 0 Å². The Hall–Kier alpha value is 0.640. The minimum Gasteiger partial charge on any atom is -0.351 e. The van der Waals surface area contributed by atoms with Gasteiger partial charge in [0.05, 0.1) is 0 Å². The van der Waals surface area contributed by atoms with Crippen LogP contribution in [0, 0.1) is 16.7 Å². The molecule has 0 saturated heterocycles. The number of hydrogen-bond acceptors (Lipinski definition) is 3. The van der Waals surface area contributed by atoms with Crippen LogP contribution in [0.5, 0.6) is 0 Å². The summed E-state index contributed by atoms with van der Waals surface area (Å²) < 4.78 is 2.05. The second-order valence-electron chi connectivity index (χ2n) is 8.68. The average molecular weight is 465 g/mol. The summed E-state index contributed by atoms with van der Waals surface area (Å²) >= 11 is 2.24. The number of carbonyl (C=O) groups is 1. The quantitative estimate of drug-likeness (QED) is 0.303. The molecule has 4 fully saturated rings. The molecular formula is C18H28INOS2. The Balaban J connectivity index is 1.50. The lowest BCUT2D eigenvalue weighted by Gasteiger charge is -2.65. The lowest BCUT2D eigenvalue weighted by atomic mass is 9.43. The highest BCUT2D eigenvalue weighted by molar-refractivity contribution is 14.1. The van der Waals surface area contributed by atoms with E-state index in [-0.39, 0.29) is 11.4 Å². The van der Waals surface area contributed by atoms with Crippen molar-refractivity contribution in [3.63, 3.8) is 0 Å². The van der Waals surface area contributed by atoms with Gasteiger partial charge in [-0.3, -0.25) is 4.79 Å². The molecule has 0 heterocycles. The molecule has 1 amide bonds. The van der Waals surface area contributed by atoms with Crippen LogP contribution in [0.25, 0.3) is 0 Å². The first-order chi connectivity index (χ1) is 10.9. The third kappa shape index (κ3) is 4.43. The zero-order valence-corrected chi connectivity index (χ0v) is 18.0. The predicted molar refractivity (Wildman–Crippen MR) is 111 cm³/mol. The molecule has 0 radical (unpaired) electrons. The molecule has 1 N–H and O–H groups in total. The first kappa shape index (κ1) is 18.4. The third-order valence-electron chi connectivity index (χ3n) is 5.78. The van der Waals surface area contributed by atoms with E-state index in [1.807, 2.05) is 25.7 Å². The first-order valence-corrected chi connectivity index (χ1v) is 12.4. The van der Waals surface area contributed by atoms with Crippen LogP contribution < -0.4 is 5.32 Å². The van der Waals surface area contributed by atoms with Crippen LogP contribution in [0.1, 0.15) is 58.8 Å². The van der Waals surface area contributed by atoms with Crippen LogP contribution >= 0.6 is 44.2 Å². The summed E-state index contributed by atoms with van der Waals surface area (Å²) in [6.07, 6.45) is 10.6. The first-order valence-electron chi connectivity index (χ1n) is 8.67. The molecule has 0 aliphatic heterocycles. The van der Waals surface area contributed by atoms with Crippen LogP contribution in [0.4, 0.5) is 0 Å². The van der Waals surface area contributed by atoms with Gasteiger partial charge < -0.3 is 5.32 Å². The molecule has 0 aromatic carbocycles. The summed E-state index contributed by atoms with van der Waals surface area (Å²) in [5.41, 5.74) is 1.05. The van der Waals surface area contributed by atoms with E-state index in [0.717, 1.165) is 17.4 Å². The van der Waals surface area contributed by atoms with Gasteiger partial charge >= 0.3 is 0 Å². The normalized spacial score (nSPS) is 41.6. The average Bonchev–Trinajstić information content (AvgIpc) is 2.37. The highest BCUT2D eigenvalue weighted by atomic mass is 127. The molecule has 4 saturated carbocycles. The van der Waals surface area contributed by atoms with Crippen molar-refractivity contribution in [3.05, 3.63) is 10.2 Å². The molecule has 2 atom stereocenters. The minimum absolute atomic E-state index is 0.113. The Morgan fingerprint density at radius 2 is 1.87 bits per heavy atom. The van der Waals surface area contributed by atoms with Crippen molar-refractivity contribution in [2.45, 2.75) is 64.3 Å². The zero-order valence-electron chi connectivity index (χ0n) is 14.2. The molecule has 0 aromatic heterocycles. The summed E-state index contributed by atoms with van der Waals surface area (Å²) in [5.74, 6) is 3.06. The Labute approximate surface area is 162 Å². The molecular weight excluding hydrogens is 437 g/mol. The molecule has 2 nitrogen and oxygen atoms in total. The fraction of sp³-hybridized carbons (Fsp3) is 0.833. The second-order valence-corrected chi connectivity index (χ2v) is 12.0. The lowest BCUT2D eigenvalue weighted by Crippen LogP contribution is -2.65. The molecule has 0 spiro atoms. The molecule has 0 aromatic rings. The van der Waals surface area contributed by atoms with Gasteiger partial charge in [-0.05, 0) is 59.4 Å². The molecule has 2 unspecified atom stereocenters. The van der Waals surface area contributed by atoms with Crippen molar-refractivity contribution in [2.24, 2.45) is 16.7 Å². The van der Waals surface area contributed by atoms with Gasteiger partial charge in [-0.25, -0.2) is 0 Å². The van der Waals surface area contributed by atoms with Crippen LogP contribution in [0.2, 0.25) is 0 Å². The number of halogens is 1. The van der Waals surface area contributed by atoms with Gasteiger partial charge in [0.1, 0.15) is 0 Å². The molecule has 4 aliphatic rings. The molecule has 4 bridgehead atoms. The summed E-state index contributed by atoms with van der Waals surface area (Å²) in [4.78, 5) is 12.5. The zero-order chi connectivity index (χ0) is 16.6. The molecule has 4 aliphatic carbocycles. The number of hydrogen-bond donors (Lipinski definition) is 1. The van der Waals surface area contributed by atoms with Crippen LogP contribution in [-0.2, 0) is 4.79 Å². The maximum absolute atomic E-state index is 12.5. The Morgan fingerprint density at radius 3 is 2.48 bits per heavy atom. The fourth-order valence-corrected chi connectivity index (χ4v) is 8.65. The molecule has 5 heteroatoms. The van der Waals surface area contributed by atoms with E-state index in [1.54, 1.807) is 0 Å². The van der Waals surface area contributed by atoms with Gasteiger partial charge in [-0.1, -0.05) is 64.1 Å². The van der Waals surface area contributed by atoms with E-state index in [9.17, 15) is 4.79 Å². The highest BCUT2D eigenvalue weighted by Gasteiger charge is 2.60. The molecule has 130 valence electrons. The smallest absolute Gasteiger partial charge is 0.221 e. The number of nitrogens with one attached hydrogen (secondary N) is 1. The van der Waals surface area contributed by atoms with Gasteiger partial charge in [0.15, 0.2) is 0 Å². The van der Waals surface area contributed by atoms with Crippen molar-refractivity contribution in [1.82, 2.24) is 5.32 Å². The Morgan fingerprint density at radius 1 is 1.17 bits per heavy atom. The number of amides is 1. The number of rotatable bonds is 7. The van der Waals surface area contributed by atoms with Crippen molar-refractivity contribution in [2.75, 3.05) is 11.5 Å². The van der Waals surface area contributed by atoms with E-state index in [4.69, 9.17) is 0 Å². The second kappa shape index (κ2) is 7.10. The lowest BCUT2D eigenvalue weighted by molar-refractivity contribution is -0.139. The summed E-state index contributed by atoms with van der Waals surface area (Å²) in [6.45, 7) is 4.92. The Bertz CT molecular complexity index is 477. The van der Waals surface area contributed by atoms with Crippen LogP contribution in [-0.4, -0.2) is 23.0 Å². The van der Waals surface area contributed by atoms with Gasteiger partial charge in [0, 0.05) is 23.5 Å². The van der Waals surface area contributed by atoms with Crippen molar-refractivity contribution in [1.29, 1.82) is 0 Å².